The van der Waals surface area contributed by atoms with Crippen molar-refractivity contribution in [2.75, 3.05) is 25.5 Å². The topological polar surface area (TPSA) is 70.4 Å². The molecule has 6 nitrogen and oxygen atoms in total. The highest BCUT2D eigenvalue weighted by Gasteiger charge is 2.18. The van der Waals surface area contributed by atoms with Gasteiger partial charge in [0.2, 0.25) is 5.91 Å². The monoisotopic (exact) mass is 268 g/mol. The van der Waals surface area contributed by atoms with Gasteiger partial charge in [0.05, 0.1) is 29.2 Å². The fraction of sp³-hybridized carbons (Fsp3) is 0.692. The van der Waals surface area contributed by atoms with Crippen molar-refractivity contribution in [3.05, 3.63) is 11.4 Å². The van der Waals surface area contributed by atoms with Gasteiger partial charge < -0.3 is 10.4 Å². The summed E-state index contributed by atoms with van der Waals surface area (Å²) in [5.41, 5.74) is 1.69. The SMILES string of the molecule is Cc1nn(C)c(C)c1NC(=O)CN(C)CC(C)(C)O. The minimum atomic E-state index is -0.810. The number of aryl methyl sites for hydroxylation is 2. The van der Waals surface area contributed by atoms with Crippen LogP contribution in [-0.2, 0) is 11.8 Å². The zero-order valence-electron chi connectivity index (χ0n) is 12.6. The first kappa shape index (κ1) is 15.7. The lowest BCUT2D eigenvalue weighted by atomic mass is 10.1. The molecule has 1 aromatic heterocycles. The van der Waals surface area contributed by atoms with Crippen LogP contribution < -0.4 is 5.32 Å². The number of rotatable bonds is 5. The van der Waals surface area contributed by atoms with Crippen LogP contribution in [0.5, 0.6) is 0 Å². The number of amides is 1. The van der Waals surface area contributed by atoms with Gasteiger partial charge in [0, 0.05) is 13.6 Å². The van der Waals surface area contributed by atoms with Crippen molar-refractivity contribution in [1.82, 2.24) is 14.7 Å². The van der Waals surface area contributed by atoms with E-state index in [-0.39, 0.29) is 12.5 Å². The van der Waals surface area contributed by atoms with Gasteiger partial charge in [0.15, 0.2) is 0 Å². The molecule has 1 rings (SSSR count). The van der Waals surface area contributed by atoms with Gasteiger partial charge in [-0.2, -0.15) is 5.10 Å². The van der Waals surface area contributed by atoms with Gasteiger partial charge in [-0.3, -0.25) is 14.4 Å². The third kappa shape index (κ3) is 4.65. The molecule has 0 bridgehead atoms. The summed E-state index contributed by atoms with van der Waals surface area (Å²) in [5.74, 6) is -0.106. The van der Waals surface area contributed by atoms with Crippen molar-refractivity contribution in [3.8, 4) is 0 Å². The Balaban J connectivity index is 2.61. The van der Waals surface area contributed by atoms with Gasteiger partial charge >= 0.3 is 0 Å². The molecule has 0 radical (unpaired) electrons. The fourth-order valence-corrected chi connectivity index (χ4v) is 2.10. The van der Waals surface area contributed by atoms with Crippen molar-refractivity contribution in [1.29, 1.82) is 0 Å². The molecule has 0 aromatic carbocycles. The number of hydrogen-bond acceptors (Lipinski definition) is 4. The van der Waals surface area contributed by atoms with Crippen LogP contribution in [0, 0.1) is 13.8 Å². The summed E-state index contributed by atoms with van der Waals surface area (Å²) in [4.78, 5) is 13.7. The molecular formula is C13H24N4O2. The van der Waals surface area contributed by atoms with Crippen molar-refractivity contribution in [3.63, 3.8) is 0 Å². The number of hydrogen-bond donors (Lipinski definition) is 2. The van der Waals surface area contributed by atoms with Crippen LogP contribution in [0.25, 0.3) is 0 Å². The summed E-state index contributed by atoms with van der Waals surface area (Å²) in [7, 11) is 3.65. The van der Waals surface area contributed by atoms with Crippen LogP contribution in [0.2, 0.25) is 0 Å². The Morgan fingerprint density at radius 2 is 2.05 bits per heavy atom. The molecule has 0 aliphatic heterocycles. The number of anilines is 1. The summed E-state index contributed by atoms with van der Waals surface area (Å²) < 4.78 is 1.74. The normalized spacial score (nSPS) is 12.0. The van der Waals surface area contributed by atoms with Crippen molar-refractivity contribution >= 4 is 11.6 Å². The second kappa shape index (κ2) is 5.71. The minimum Gasteiger partial charge on any atom is -0.389 e. The summed E-state index contributed by atoms with van der Waals surface area (Å²) in [6, 6.07) is 0. The lowest BCUT2D eigenvalue weighted by molar-refractivity contribution is -0.117. The van der Waals surface area contributed by atoms with E-state index in [4.69, 9.17) is 0 Å². The molecule has 0 aliphatic carbocycles. The van der Waals surface area contributed by atoms with Crippen LogP contribution in [0.3, 0.4) is 0 Å². The van der Waals surface area contributed by atoms with Crippen molar-refractivity contribution < 1.29 is 9.90 Å². The van der Waals surface area contributed by atoms with Crippen LogP contribution in [0.15, 0.2) is 0 Å². The molecule has 0 saturated heterocycles. The standard InChI is InChI=1S/C13H24N4O2/c1-9-12(10(2)17(6)15-9)14-11(18)7-16(5)8-13(3,4)19/h19H,7-8H2,1-6H3,(H,14,18). The second-order valence-electron chi connectivity index (χ2n) is 5.70. The Kier molecular flexibility index (Phi) is 4.70. The predicted molar refractivity (Wildman–Crippen MR) is 75.1 cm³/mol. The smallest absolute Gasteiger partial charge is 0.238 e. The summed E-state index contributed by atoms with van der Waals surface area (Å²) in [6.45, 7) is 7.89. The van der Waals surface area contributed by atoms with Gasteiger partial charge in [0.25, 0.3) is 0 Å². The molecule has 2 N–H and O–H groups in total. The molecule has 1 aromatic rings. The van der Waals surface area contributed by atoms with E-state index in [1.165, 1.54) is 0 Å². The highest BCUT2D eigenvalue weighted by Crippen LogP contribution is 2.18. The van der Waals surface area contributed by atoms with Gasteiger partial charge in [-0.15, -0.1) is 0 Å². The highest BCUT2D eigenvalue weighted by atomic mass is 16.3. The lowest BCUT2D eigenvalue weighted by Crippen LogP contribution is -2.40. The quantitative estimate of drug-likeness (QED) is 0.824. The Labute approximate surface area is 114 Å². The number of nitrogens with one attached hydrogen (secondary N) is 1. The predicted octanol–water partition coefficient (Wildman–Crippen LogP) is 0.678. The van der Waals surface area contributed by atoms with E-state index in [1.54, 1.807) is 30.5 Å². The van der Waals surface area contributed by atoms with E-state index in [0.29, 0.717) is 6.54 Å². The molecule has 0 saturated carbocycles. The molecule has 0 aliphatic rings. The molecule has 0 unspecified atom stereocenters. The Hall–Kier alpha value is -1.40. The number of carbonyl (C=O) groups is 1. The lowest BCUT2D eigenvalue weighted by Gasteiger charge is -2.24. The molecule has 1 amide bonds. The number of aromatic nitrogens is 2. The maximum Gasteiger partial charge on any atom is 0.238 e. The van der Waals surface area contributed by atoms with E-state index in [1.807, 2.05) is 20.9 Å². The van der Waals surface area contributed by atoms with Gasteiger partial charge in [-0.05, 0) is 34.7 Å². The van der Waals surface area contributed by atoms with E-state index in [2.05, 4.69) is 10.4 Å². The van der Waals surface area contributed by atoms with Crippen LogP contribution in [-0.4, -0.2) is 51.4 Å². The van der Waals surface area contributed by atoms with Gasteiger partial charge in [-0.25, -0.2) is 0 Å². The first-order valence-corrected chi connectivity index (χ1v) is 6.31. The van der Waals surface area contributed by atoms with Crippen molar-refractivity contribution in [2.45, 2.75) is 33.3 Å². The molecule has 19 heavy (non-hydrogen) atoms. The number of likely N-dealkylation sites (N-methyl/N-ethyl adjacent to an activating group) is 1. The molecule has 6 heteroatoms. The van der Waals surface area contributed by atoms with Crippen LogP contribution in [0.4, 0.5) is 5.69 Å². The zero-order valence-corrected chi connectivity index (χ0v) is 12.6. The number of aliphatic hydroxyl groups is 1. The molecule has 108 valence electrons. The Morgan fingerprint density at radius 1 is 1.47 bits per heavy atom. The molecule has 1 heterocycles. The van der Waals surface area contributed by atoms with Crippen LogP contribution in [0.1, 0.15) is 25.2 Å². The summed E-state index contributed by atoms with van der Waals surface area (Å²) >= 11 is 0. The summed E-state index contributed by atoms with van der Waals surface area (Å²) in [5, 5.41) is 16.8. The fourth-order valence-electron chi connectivity index (χ4n) is 2.10. The third-order valence-electron chi connectivity index (χ3n) is 2.84. The van der Waals surface area contributed by atoms with Crippen LogP contribution >= 0.6 is 0 Å². The minimum absolute atomic E-state index is 0.106. The Morgan fingerprint density at radius 3 is 2.47 bits per heavy atom. The average Bonchev–Trinajstić information content (AvgIpc) is 2.42. The molecule has 0 spiro atoms. The van der Waals surface area contributed by atoms with E-state index >= 15 is 0 Å². The maximum absolute atomic E-state index is 12.0. The Bertz CT molecular complexity index is 460. The zero-order chi connectivity index (χ0) is 14.8. The largest absolute Gasteiger partial charge is 0.389 e. The molecular weight excluding hydrogens is 244 g/mol. The molecule has 0 atom stereocenters. The highest BCUT2D eigenvalue weighted by molar-refractivity contribution is 5.93. The number of nitrogens with zero attached hydrogens (tertiary/aromatic N) is 3. The average molecular weight is 268 g/mol. The molecule has 0 fully saturated rings. The van der Waals surface area contributed by atoms with Crippen molar-refractivity contribution in [2.24, 2.45) is 7.05 Å². The maximum atomic E-state index is 12.0. The number of carbonyl (C=O) groups excluding carboxylic acids is 1. The van der Waals surface area contributed by atoms with Gasteiger partial charge in [0.1, 0.15) is 0 Å². The first-order chi connectivity index (χ1) is 8.60. The van der Waals surface area contributed by atoms with Gasteiger partial charge in [-0.1, -0.05) is 0 Å². The first-order valence-electron chi connectivity index (χ1n) is 6.31. The van der Waals surface area contributed by atoms with E-state index < -0.39 is 5.60 Å². The van der Waals surface area contributed by atoms with E-state index in [0.717, 1.165) is 17.1 Å². The second-order valence-corrected chi connectivity index (χ2v) is 5.70. The summed E-state index contributed by atoms with van der Waals surface area (Å²) in [6.07, 6.45) is 0. The third-order valence-corrected chi connectivity index (χ3v) is 2.84. The van der Waals surface area contributed by atoms with E-state index in [9.17, 15) is 9.90 Å².